The van der Waals surface area contributed by atoms with E-state index >= 15 is 0 Å². The summed E-state index contributed by atoms with van der Waals surface area (Å²) in [5, 5.41) is 0. The van der Waals surface area contributed by atoms with Gasteiger partial charge in [0.05, 0.1) is 0 Å². The predicted octanol–water partition coefficient (Wildman–Crippen LogP) is 1.46. The fraction of sp³-hybridized carbons (Fsp3) is 0.591. The Morgan fingerprint density at radius 1 is 0.839 bits per heavy atom. The Kier molecular flexibility index (Phi) is 5.24. The number of likely N-dealkylation sites (tertiary alicyclic amines) is 3. The van der Waals surface area contributed by atoms with Gasteiger partial charge < -0.3 is 14.7 Å². The average Bonchev–Trinajstić information content (AvgIpc) is 3.53. The maximum Gasteiger partial charge on any atom is 0.285 e. The Bertz CT molecular complexity index is 1020. The van der Waals surface area contributed by atoms with Crippen LogP contribution in [0.1, 0.15) is 44.1 Å². The maximum atomic E-state index is 13.4. The highest BCUT2D eigenvalue weighted by molar-refractivity contribution is 7.90. The highest BCUT2D eigenvalue weighted by atomic mass is 32.2. The number of nitrogens with zero attached hydrogens (tertiary/aromatic N) is 4. The van der Waals surface area contributed by atoms with Crippen molar-refractivity contribution in [1.29, 1.82) is 0 Å². The first-order valence-corrected chi connectivity index (χ1v) is 12.7. The normalized spacial score (nSPS) is 25.6. The lowest BCUT2D eigenvalue weighted by Crippen LogP contribution is -2.51. The van der Waals surface area contributed by atoms with Crippen molar-refractivity contribution in [3.63, 3.8) is 0 Å². The van der Waals surface area contributed by atoms with Crippen molar-refractivity contribution in [3.8, 4) is 0 Å². The van der Waals surface area contributed by atoms with E-state index in [9.17, 15) is 18.0 Å². The van der Waals surface area contributed by atoms with Crippen molar-refractivity contribution in [2.45, 2.75) is 49.5 Å². The molecule has 3 saturated heterocycles. The first-order chi connectivity index (χ1) is 15.0. The SMILES string of the molecule is O=C(C1CCN(C(=O)[C@@H]2CCCN2C2=NS(=O)(=O)c3ccccc32)CC1)N1CCCC1. The molecule has 0 N–H and O–H groups in total. The summed E-state index contributed by atoms with van der Waals surface area (Å²) in [6, 6.07) is 6.41. The molecule has 4 aliphatic heterocycles. The third kappa shape index (κ3) is 3.62. The molecule has 0 spiro atoms. The number of sulfonamides is 1. The zero-order chi connectivity index (χ0) is 21.6. The van der Waals surface area contributed by atoms with Crippen LogP contribution < -0.4 is 0 Å². The van der Waals surface area contributed by atoms with Crippen LogP contribution in [0.25, 0.3) is 0 Å². The lowest BCUT2D eigenvalue weighted by molar-refractivity contribution is -0.141. The molecule has 0 bridgehead atoms. The van der Waals surface area contributed by atoms with Gasteiger partial charge in [-0.25, -0.2) is 0 Å². The van der Waals surface area contributed by atoms with Crippen LogP contribution in [0.4, 0.5) is 0 Å². The molecule has 0 aromatic heterocycles. The molecule has 3 fully saturated rings. The van der Waals surface area contributed by atoms with Crippen molar-refractivity contribution >= 4 is 27.7 Å². The molecule has 9 heteroatoms. The van der Waals surface area contributed by atoms with E-state index in [0.717, 1.165) is 32.4 Å². The topological polar surface area (TPSA) is 90.4 Å². The monoisotopic (exact) mass is 444 g/mol. The van der Waals surface area contributed by atoms with E-state index in [0.29, 0.717) is 50.3 Å². The second-order valence-corrected chi connectivity index (χ2v) is 10.4. The van der Waals surface area contributed by atoms with Gasteiger partial charge in [0.25, 0.3) is 10.0 Å². The highest BCUT2D eigenvalue weighted by Crippen LogP contribution is 2.32. The van der Waals surface area contributed by atoms with Crippen LogP contribution in [0.3, 0.4) is 0 Å². The van der Waals surface area contributed by atoms with Crippen LogP contribution in [-0.4, -0.2) is 79.5 Å². The molecule has 0 saturated carbocycles. The van der Waals surface area contributed by atoms with Crippen LogP contribution in [0.5, 0.6) is 0 Å². The van der Waals surface area contributed by atoms with Crippen LogP contribution in [0.15, 0.2) is 33.6 Å². The molecule has 1 aromatic rings. The minimum Gasteiger partial charge on any atom is -0.343 e. The third-order valence-corrected chi connectivity index (χ3v) is 8.32. The quantitative estimate of drug-likeness (QED) is 0.689. The van der Waals surface area contributed by atoms with Crippen molar-refractivity contribution in [2.24, 2.45) is 10.3 Å². The molecule has 8 nitrogen and oxygen atoms in total. The maximum absolute atomic E-state index is 13.4. The van der Waals surface area contributed by atoms with Gasteiger partial charge in [0, 0.05) is 44.2 Å². The molecular weight excluding hydrogens is 416 g/mol. The number of fused-ring (bicyclic) bond motifs is 1. The van der Waals surface area contributed by atoms with Crippen molar-refractivity contribution in [1.82, 2.24) is 14.7 Å². The van der Waals surface area contributed by atoms with Crippen molar-refractivity contribution in [2.75, 3.05) is 32.7 Å². The van der Waals surface area contributed by atoms with Crippen LogP contribution >= 0.6 is 0 Å². The number of hydrogen-bond acceptors (Lipinski definition) is 5. The smallest absolute Gasteiger partial charge is 0.285 e. The van der Waals surface area contributed by atoms with Gasteiger partial charge >= 0.3 is 0 Å². The minimum atomic E-state index is -3.71. The zero-order valence-electron chi connectivity index (χ0n) is 17.6. The predicted molar refractivity (Wildman–Crippen MR) is 115 cm³/mol. The first kappa shape index (κ1) is 20.5. The summed E-state index contributed by atoms with van der Waals surface area (Å²) in [7, 11) is -3.71. The van der Waals surface area contributed by atoms with Gasteiger partial charge in [-0.3, -0.25) is 9.59 Å². The van der Waals surface area contributed by atoms with Crippen LogP contribution in [0, 0.1) is 5.92 Å². The fourth-order valence-electron chi connectivity index (χ4n) is 5.33. The van der Waals surface area contributed by atoms with Crippen LogP contribution in [0.2, 0.25) is 0 Å². The second-order valence-electron chi connectivity index (χ2n) is 8.87. The Hall–Kier alpha value is -2.42. The van der Waals surface area contributed by atoms with Gasteiger partial charge in [0.2, 0.25) is 11.8 Å². The van der Waals surface area contributed by atoms with E-state index in [1.807, 2.05) is 14.7 Å². The van der Waals surface area contributed by atoms with E-state index in [1.165, 1.54) is 0 Å². The molecule has 5 rings (SSSR count). The Morgan fingerprint density at radius 2 is 1.52 bits per heavy atom. The molecule has 4 heterocycles. The van der Waals surface area contributed by atoms with Crippen molar-refractivity contribution in [3.05, 3.63) is 29.8 Å². The summed E-state index contributed by atoms with van der Waals surface area (Å²) in [4.78, 5) is 31.9. The molecule has 2 amide bonds. The number of piperidine rings is 1. The van der Waals surface area contributed by atoms with Gasteiger partial charge in [0.1, 0.15) is 10.9 Å². The molecule has 1 aromatic carbocycles. The summed E-state index contributed by atoms with van der Waals surface area (Å²) in [6.07, 6.45) is 5.08. The molecule has 0 radical (unpaired) electrons. The van der Waals surface area contributed by atoms with Gasteiger partial charge in [-0.1, -0.05) is 12.1 Å². The molecule has 0 aliphatic carbocycles. The largest absolute Gasteiger partial charge is 0.343 e. The highest BCUT2D eigenvalue weighted by Gasteiger charge is 2.41. The third-order valence-electron chi connectivity index (χ3n) is 7.00. The minimum absolute atomic E-state index is 0.0121. The first-order valence-electron chi connectivity index (χ1n) is 11.2. The molecule has 31 heavy (non-hydrogen) atoms. The van der Waals surface area contributed by atoms with Crippen molar-refractivity contribution < 1.29 is 18.0 Å². The number of benzene rings is 1. The van der Waals surface area contributed by atoms with E-state index in [4.69, 9.17) is 0 Å². The molecular formula is C22H28N4O4S. The standard InChI is InChI=1S/C22H28N4O4S/c27-21(24-11-3-4-12-24)16-9-14-25(15-10-16)22(28)18-7-5-13-26(18)20-17-6-1-2-8-19(17)31(29,30)23-20/h1-2,6,8,16,18H,3-5,7,9-15H2/t18-/m0/s1. The number of amides is 2. The van der Waals surface area contributed by atoms with Gasteiger partial charge in [-0.05, 0) is 50.7 Å². The van der Waals surface area contributed by atoms with E-state index in [2.05, 4.69) is 4.40 Å². The molecule has 0 unspecified atom stereocenters. The van der Waals surface area contributed by atoms with Gasteiger partial charge in [-0.15, -0.1) is 4.40 Å². The van der Waals surface area contributed by atoms with Gasteiger partial charge in [-0.2, -0.15) is 8.42 Å². The lowest BCUT2D eigenvalue weighted by atomic mass is 9.94. The molecule has 166 valence electrons. The Morgan fingerprint density at radius 3 is 2.26 bits per heavy atom. The van der Waals surface area contributed by atoms with Crippen LogP contribution in [-0.2, 0) is 19.6 Å². The molecule has 1 atom stereocenters. The molecule has 4 aliphatic rings. The Balaban J connectivity index is 1.28. The second kappa shape index (κ2) is 7.93. The summed E-state index contributed by atoms with van der Waals surface area (Å²) in [5.74, 6) is 0.673. The average molecular weight is 445 g/mol. The zero-order valence-corrected chi connectivity index (χ0v) is 18.4. The number of hydrogen-bond donors (Lipinski definition) is 0. The number of rotatable bonds is 2. The van der Waals surface area contributed by atoms with E-state index in [1.54, 1.807) is 24.3 Å². The Labute approximate surface area is 183 Å². The van der Waals surface area contributed by atoms with E-state index in [-0.39, 0.29) is 22.6 Å². The van der Waals surface area contributed by atoms with Gasteiger partial charge in [0.15, 0.2) is 5.84 Å². The summed E-state index contributed by atoms with van der Waals surface area (Å²) >= 11 is 0. The lowest BCUT2D eigenvalue weighted by Gasteiger charge is -2.36. The number of carbonyl (C=O) groups is 2. The fourth-order valence-corrected chi connectivity index (χ4v) is 6.54. The summed E-state index contributed by atoms with van der Waals surface area (Å²) in [5.41, 5.74) is 0.581. The summed E-state index contributed by atoms with van der Waals surface area (Å²) in [6.45, 7) is 3.50. The summed E-state index contributed by atoms with van der Waals surface area (Å²) < 4.78 is 28.9. The number of carbonyl (C=O) groups excluding carboxylic acids is 2. The van der Waals surface area contributed by atoms with E-state index < -0.39 is 16.1 Å². The number of amidine groups is 1.